The molecule has 2 N–H and O–H groups in total. The number of carbonyl (C=O) groups excluding carboxylic acids is 3. The number of amides is 2. The molecule has 2 heterocycles. The third kappa shape index (κ3) is 5.65. The van der Waals surface area contributed by atoms with Crippen molar-refractivity contribution < 1.29 is 18.8 Å². The van der Waals surface area contributed by atoms with E-state index in [-0.39, 0.29) is 23.9 Å². The Morgan fingerprint density at radius 2 is 1.90 bits per heavy atom. The van der Waals surface area contributed by atoms with Crippen molar-refractivity contribution in [1.29, 1.82) is 0 Å². The predicted molar refractivity (Wildman–Crippen MR) is 148 cm³/mol. The van der Waals surface area contributed by atoms with Crippen LogP contribution in [-0.2, 0) is 22.4 Å². The quantitative estimate of drug-likeness (QED) is 0.410. The molecular weight excluding hydrogens is 495 g/mol. The molecule has 1 fully saturated rings. The Morgan fingerprint density at radius 3 is 2.56 bits per heavy atom. The van der Waals surface area contributed by atoms with Crippen LogP contribution in [0.3, 0.4) is 0 Å². The number of pyridine rings is 1. The number of nitrogens with zero attached hydrogens (tertiary/aromatic N) is 2. The van der Waals surface area contributed by atoms with Gasteiger partial charge in [-0.1, -0.05) is 30.3 Å². The first kappa shape index (κ1) is 26.8. The predicted octanol–water partition coefficient (Wildman–Crippen LogP) is 5.36. The second-order valence-electron chi connectivity index (χ2n) is 11.8. The van der Waals surface area contributed by atoms with Crippen molar-refractivity contribution in [3.63, 3.8) is 0 Å². The lowest BCUT2D eigenvalue weighted by Crippen LogP contribution is -2.45. The van der Waals surface area contributed by atoms with Gasteiger partial charge in [-0.2, -0.15) is 0 Å². The number of halogens is 1. The Hall–Kier alpha value is -3.81. The second kappa shape index (κ2) is 10.1. The van der Waals surface area contributed by atoms with E-state index >= 15 is 0 Å². The van der Waals surface area contributed by atoms with E-state index < -0.39 is 17.0 Å². The zero-order valence-electron chi connectivity index (χ0n) is 22.9. The summed E-state index contributed by atoms with van der Waals surface area (Å²) in [5.74, 6) is -0.0629. The minimum absolute atomic E-state index is 0.00286. The molecule has 3 aromatic rings. The van der Waals surface area contributed by atoms with Gasteiger partial charge in [-0.25, -0.2) is 9.37 Å². The van der Waals surface area contributed by atoms with Crippen molar-refractivity contribution in [3.05, 3.63) is 71.0 Å². The SMILES string of the molecule is CN(CC1CC1)C(=O)C1(C)CC(=O)c2c([nH]c(-c3ccnc(NC(=O)C(C)(C)F)c3)c2Cc2ccccc2)C1. The summed E-state index contributed by atoms with van der Waals surface area (Å²) in [6.45, 7) is 4.99. The number of anilines is 1. The topological polar surface area (TPSA) is 95.2 Å². The average Bonchev–Trinajstić information content (AvgIpc) is 3.62. The number of hydrogen-bond acceptors (Lipinski definition) is 4. The van der Waals surface area contributed by atoms with Gasteiger partial charge in [-0.15, -0.1) is 0 Å². The maximum Gasteiger partial charge on any atom is 0.262 e. The number of hydrogen-bond donors (Lipinski definition) is 2. The zero-order chi connectivity index (χ0) is 27.9. The van der Waals surface area contributed by atoms with E-state index in [0.29, 0.717) is 29.9 Å². The molecule has 5 rings (SSSR count). The number of Topliss-reactive ketones (excluding diaryl/α,β-unsaturated/α-hetero) is 1. The number of alkyl halides is 1. The van der Waals surface area contributed by atoms with Crippen LogP contribution in [0.5, 0.6) is 0 Å². The van der Waals surface area contributed by atoms with Crippen molar-refractivity contribution in [2.45, 2.75) is 58.5 Å². The number of benzene rings is 1. The lowest BCUT2D eigenvalue weighted by atomic mass is 9.72. The van der Waals surface area contributed by atoms with Gasteiger partial charge in [0.15, 0.2) is 11.5 Å². The molecule has 39 heavy (non-hydrogen) atoms. The molecule has 1 unspecified atom stereocenters. The summed E-state index contributed by atoms with van der Waals surface area (Å²) in [5.41, 5.74) is 1.83. The van der Waals surface area contributed by atoms with Gasteiger partial charge in [0.25, 0.3) is 5.91 Å². The summed E-state index contributed by atoms with van der Waals surface area (Å²) < 4.78 is 14.1. The van der Waals surface area contributed by atoms with Crippen LogP contribution >= 0.6 is 0 Å². The lowest BCUT2D eigenvalue weighted by Gasteiger charge is -2.35. The van der Waals surface area contributed by atoms with Crippen LogP contribution in [0.25, 0.3) is 11.3 Å². The molecule has 0 saturated heterocycles. The number of nitrogens with one attached hydrogen (secondary N) is 2. The molecule has 1 atom stereocenters. The van der Waals surface area contributed by atoms with Gasteiger partial charge in [0.1, 0.15) is 5.82 Å². The molecule has 1 aromatic carbocycles. The van der Waals surface area contributed by atoms with Crippen molar-refractivity contribution in [2.75, 3.05) is 18.9 Å². The summed E-state index contributed by atoms with van der Waals surface area (Å²) in [4.78, 5) is 48.9. The normalized spacial score (nSPS) is 18.9. The number of H-pyrrole nitrogens is 1. The molecule has 204 valence electrons. The van der Waals surface area contributed by atoms with E-state index in [9.17, 15) is 18.8 Å². The highest BCUT2D eigenvalue weighted by molar-refractivity contribution is 6.05. The number of ketones is 1. The Balaban J connectivity index is 1.54. The largest absolute Gasteiger partial charge is 0.358 e. The van der Waals surface area contributed by atoms with Gasteiger partial charge in [0.2, 0.25) is 5.91 Å². The third-order valence-electron chi connectivity index (χ3n) is 7.72. The van der Waals surface area contributed by atoms with Crippen molar-refractivity contribution in [1.82, 2.24) is 14.9 Å². The molecular formula is C31H35FN4O3. The van der Waals surface area contributed by atoms with Crippen LogP contribution in [0.4, 0.5) is 10.2 Å². The summed E-state index contributed by atoms with van der Waals surface area (Å²) in [7, 11) is 1.83. The fourth-order valence-corrected chi connectivity index (χ4v) is 5.49. The van der Waals surface area contributed by atoms with Crippen molar-refractivity contribution in [3.8, 4) is 11.3 Å². The molecule has 2 amide bonds. The minimum Gasteiger partial charge on any atom is -0.358 e. The number of fused-ring (bicyclic) bond motifs is 1. The van der Waals surface area contributed by atoms with E-state index in [0.717, 1.165) is 41.9 Å². The zero-order valence-corrected chi connectivity index (χ0v) is 22.9. The molecule has 2 aliphatic rings. The van der Waals surface area contributed by atoms with Crippen LogP contribution in [-0.4, -0.2) is 51.7 Å². The van der Waals surface area contributed by atoms with Gasteiger partial charge in [-0.05, 0) is 62.8 Å². The first-order valence-corrected chi connectivity index (χ1v) is 13.5. The fourth-order valence-electron chi connectivity index (χ4n) is 5.49. The maximum absolute atomic E-state index is 14.1. The Labute approximate surface area is 228 Å². The number of rotatable bonds is 8. The summed E-state index contributed by atoms with van der Waals surface area (Å²) in [6.07, 6.45) is 4.94. The van der Waals surface area contributed by atoms with Crippen LogP contribution in [0.2, 0.25) is 0 Å². The van der Waals surface area contributed by atoms with Crippen LogP contribution in [0, 0.1) is 11.3 Å². The molecule has 0 aliphatic heterocycles. The fraction of sp³-hybridized carbons (Fsp3) is 0.419. The maximum atomic E-state index is 14.1. The Kier molecular flexibility index (Phi) is 6.91. The third-order valence-corrected chi connectivity index (χ3v) is 7.72. The number of aromatic amines is 1. The van der Waals surface area contributed by atoms with Gasteiger partial charge in [0, 0.05) is 55.9 Å². The Morgan fingerprint density at radius 1 is 1.18 bits per heavy atom. The molecule has 2 aromatic heterocycles. The van der Waals surface area contributed by atoms with Crippen LogP contribution in [0.15, 0.2) is 48.7 Å². The van der Waals surface area contributed by atoms with Crippen LogP contribution < -0.4 is 5.32 Å². The summed E-state index contributed by atoms with van der Waals surface area (Å²) >= 11 is 0. The molecule has 2 aliphatic carbocycles. The van der Waals surface area contributed by atoms with E-state index in [1.807, 2.05) is 44.3 Å². The molecule has 8 heteroatoms. The first-order chi connectivity index (χ1) is 18.4. The minimum atomic E-state index is -2.06. The van der Waals surface area contributed by atoms with Gasteiger partial charge in [-0.3, -0.25) is 14.4 Å². The van der Waals surface area contributed by atoms with E-state index in [4.69, 9.17) is 0 Å². The number of carbonyl (C=O) groups is 3. The highest BCUT2D eigenvalue weighted by Crippen LogP contribution is 2.42. The second-order valence-corrected chi connectivity index (χ2v) is 11.8. The van der Waals surface area contributed by atoms with Crippen molar-refractivity contribution >= 4 is 23.4 Å². The molecule has 7 nitrogen and oxygen atoms in total. The summed E-state index contributed by atoms with van der Waals surface area (Å²) in [6, 6.07) is 13.4. The summed E-state index contributed by atoms with van der Waals surface area (Å²) in [5, 5.41) is 2.54. The molecule has 0 bridgehead atoms. The van der Waals surface area contributed by atoms with Gasteiger partial charge >= 0.3 is 0 Å². The monoisotopic (exact) mass is 530 g/mol. The molecule has 0 radical (unpaired) electrons. The lowest BCUT2D eigenvalue weighted by molar-refractivity contribution is -0.140. The molecule has 0 spiro atoms. The van der Waals surface area contributed by atoms with Crippen LogP contribution in [0.1, 0.15) is 67.2 Å². The average molecular weight is 531 g/mol. The smallest absolute Gasteiger partial charge is 0.262 e. The van der Waals surface area contributed by atoms with E-state index in [1.54, 1.807) is 23.2 Å². The van der Waals surface area contributed by atoms with Gasteiger partial charge < -0.3 is 15.2 Å². The first-order valence-electron chi connectivity index (χ1n) is 13.5. The highest BCUT2D eigenvalue weighted by Gasteiger charge is 2.45. The van der Waals surface area contributed by atoms with Gasteiger partial charge in [0.05, 0.1) is 11.1 Å². The van der Waals surface area contributed by atoms with E-state index in [2.05, 4.69) is 15.3 Å². The molecule has 1 saturated carbocycles. The standard InChI is InChI=1S/C31H35FN4O3/c1-30(2,32)28(38)35-25-15-21(12-13-33-25)27-22(14-19-8-6-5-7-9-19)26-23(34-27)16-31(3,17-24(26)37)29(39)36(4)18-20-10-11-20/h5-9,12-13,15,20,34H,10-11,14,16-18H2,1-4H3,(H,33,35,38). The Bertz CT molecular complexity index is 1420. The van der Waals surface area contributed by atoms with E-state index in [1.165, 1.54) is 13.8 Å². The van der Waals surface area contributed by atoms with Crippen molar-refractivity contribution in [2.24, 2.45) is 11.3 Å². The number of aromatic nitrogens is 2. The highest BCUT2D eigenvalue weighted by atomic mass is 19.1.